The molecule has 1 aliphatic rings. The maximum absolute atomic E-state index is 12.1. The molecular formula is C13H27N3O2. The van der Waals surface area contributed by atoms with Crippen molar-refractivity contribution in [2.45, 2.75) is 45.3 Å². The molecular weight excluding hydrogens is 230 g/mol. The SMILES string of the molecule is CN(CCN)CC1CCCN1C(=O)OC(C)(C)C. The summed E-state index contributed by atoms with van der Waals surface area (Å²) in [6.45, 7) is 8.88. The standard InChI is InChI=1S/C13H27N3O2/c1-13(2,3)18-12(17)16-8-5-6-11(16)10-15(4)9-7-14/h11H,5-10,14H2,1-4H3. The minimum absolute atomic E-state index is 0.189. The molecule has 18 heavy (non-hydrogen) atoms. The molecule has 1 aliphatic heterocycles. The average molecular weight is 257 g/mol. The summed E-state index contributed by atoms with van der Waals surface area (Å²) in [4.78, 5) is 16.1. The summed E-state index contributed by atoms with van der Waals surface area (Å²) in [7, 11) is 2.04. The maximum atomic E-state index is 12.1. The summed E-state index contributed by atoms with van der Waals surface area (Å²) in [6.07, 6.45) is 1.92. The molecule has 2 N–H and O–H groups in total. The van der Waals surface area contributed by atoms with Crippen LogP contribution >= 0.6 is 0 Å². The van der Waals surface area contributed by atoms with Gasteiger partial charge in [0.15, 0.2) is 0 Å². The van der Waals surface area contributed by atoms with Crippen molar-refractivity contribution in [3.63, 3.8) is 0 Å². The number of hydrogen-bond acceptors (Lipinski definition) is 4. The van der Waals surface area contributed by atoms with Gasteiger partial charge in [0.2, 0.25) is 0 Å². The van der Waals surface area contributed by atoms with E-state index in [9.17, 15) is 4.79 Å². The quantitative estimate of drug-likeness (QED) is 0.824. The van der Waals surface area contributed by atoms with Gasteiger partial charge in [0, 0.05) is 32.2 Å². The number of likely N-dealkylation sites (tertiary alicyclic amines) is 1. The number of carbonyl (C=O) groups excluding carboxylic acids is 1. The molecule has 1 atom stereocenters. The van der Waals surface area contributed by atoms with Gasteiger partial charge < -0.3 is 20.3 Å². The molecule has 0 radical (unpaired) electrons. The van der Waals surface area contributed by atoms with Crippen LogP contribution < -0.4 is 5.73 Å². The highest BCUT2D eigenvalue weighted by atomic mass is 16.6. The van der Waals surface area contributed by atoms with E-state index in [4.69, 9.17) is 10.5 Å². The van der Waals surface area contributed by atoms with Gasteiger partial charge >= 0.3 is 6.09 Å². The Bertz CT molecular complexity index is 276. The van der Waals surface area contributed by atoms with Gasteiger partial charge in [-0.3, -0.25) is 0 Å². The highest BCUT2D eigenvalue weighted by Gasteiger charge is 2.32. The Morgan fingerprint density at radius 2 is 2.17 bits per heavy atom. The molecule has 1 unspecified atom stereocenters. The van der Waals surface area contributed by atoms with Crippen molar-refractivity contribution < 1.29 is 9.53 Å². The molecule has 0 aromatic heterocycles. The van der Waals surface area contributed by atoms with Crippen molar-refractivity contribution in [3.8, 4) is 0 Å². The predicted molar refractivity (Wildman–Crippen MR) is 72.5 cm³/mol. The molecule has 0 bridgehead atoms. The van der Waals surface area contributed by atoms with Crippen molar-refractivity contribution in [1.29, 1.82) is 0 Å². The van der Waals surface area contributed by atoms with Gasteiger partial charge in [-0.1, -0.05) is 0 Å². The molecule has 1 fully saturated rings. The van der Waals surface area contributed by atoms with Crippen molar-refractivity contribution >= 4 is 6.09 Å². The summed E-state index contributed by atoms with van der Waals surface area (Å²) in [6, 6.07) is 0.261. The lowest BCUT2D eigenvalue weighted by molar-refractivity contribution is 0.0204. The first-order valence-corrected chi connectivity index (χ1v) is 6.71. The van der Waals surface area contributed by atoms with Gasteiger partial charge in [0.05, 0.1) is 0 Å². The van der Waals surface area contributed by atoms with Gasteiger partial charge in [-0.25, -0.2) is 4.79 Å². The smallest absolute Gasteiger partial charge is 0.410 e. The molecule has 0 aromatic rings. The van der Waals surface area contributed by atoms with E-state index in [2.05, 4.69) is 4.90 Å². The number of likely N-dealkylation sites (N-methyl/N-ethyl adjacent to an activating group) is 1. The summed E-state index contributed by atoms with van der Waals surface area (Å²) >= 11 is 0. The third kappa shape index (κ3) is 4.82. The van der Waals surface area contributed by atoms with Crippen LogP contribution in [0.25, 0.3) is 0 Å². The van der Waals surface area contributed by atoms with Crippen LogP contribution in [0.2, 0.25) is 0 Å². The van der Waals surface area contributed by atoms with Gasteiger partial charge in [-0.15, -0.1) is 0 Å². The summed E-state index contributed by atoms with van der Waals surface area (Å²) < 4.78 is 5.44. The molecule has 0 aromatic carbocycles. The van der Waals surface area contributed by atoms with Crippen LogP contribution in [0.3, 0.4) is 0 Å². The number of nitrogens with two attached hydrogens (primary N) is 1. The van der Waals surface area contributed by atoms with Crippen LogP contribution in [0.15, 0.2) is 0 Å². The predicted octanol–water partition coefficient (Wildman–Crippen LogP) is 1.28. The van der Waals surface area contributed by atoms with Crippen molar-refractivity contribution in [3.05, 3.63) is 0 Å². The monoisotopic (exact) mass is 257 g/mol. The number of nitrogens with zero attached hydrogens (tertiary/aromatic N) is 2. The van der Waals surface area contributed by atoms with Crippen molar-refractivity contribution in [1.82, 2.24) is 9.80 Å². The fraction of sp³-hybridized carbons (Fsp3) is 0.923. The van der Waals surface area contributed by atoms with Crippen LogP contribution in [0.5, 0.6) is 0 Å². The fourth-order valence-electron chi connectivity index (χ4n) is 2.26. The van der Waals surface area contributed by atoms with E-state index in [0.717, 1.165) is 32.5 Å². The largest absolute Gasteiger partial charge is 0.444 e. The van der Waals surface area contributed by atoms with E-state index in [1.807, 2.05) is 32.7 Å². The zero-order chi connectivity index (χ0) is 13.8. The third-order valence-corrected chi connectivity index (χ3v) is 3.04. The lowest BCUT2D eigenvalue weighted by Crippen LogP contribution is -2.45. The Morgan fingerprint density at radius 1 is 1.50 bits per heavy atom. The number of carbonyl (C=O) groups is 1. The van der Waals surface area contributed by atoms with E-state index in [1.165, 1.54) is 0 Å². The zero-order valence-electron chi connectivity index (χ0n) is 12.1. The normalized spacial score (nSPS) is 20.6. The van der Waals surface area contributed by atoms with E-state index >= 15 is 0 Å². The Kier molecular flexibility index (Phi) is 5.41. The second-order valence-corrected chi connectivity index (χ2v) is 6.02. The minimum atomic E-state index is -0.423. The third-order valence-electron chi connectivity index (χ3n) is 3.04. The first-order valence-electron chi connectivity index (χ1n) is 6.71. The number of ether oxygens (including phenoxy) is 1. The maximum Gasteiger partial charge on any atom is 0.410 e. The summed E-state index contributed by atoms with van der Waals surface area (Å²) in [5.74, 6) is 0. The lowest BCUT2D eigenvalue weighted by atomic mass is 10.2. The van der Waals surface area contributed by atoms with E-state index in [1.54, 1.807) is 0 Å². The molecule has 1 amide bonds. The molecule has 0 saturated carbocycles. The molecule has 1 heterocycles. The Balaban J connectivity index is 2.51. The molecule has 106 valence electrons. The fourth-order valence-corrected chi connectivity index (χ4v) is 2.26. The summed E-state index contributed by atoms with van der Waals surface area (Å²) in [5.41, 5.74) is 5.11. The molecule has 0 aliphatic carbocycles. The lowest BCUT2D eigenvalue weighted by Gasteiger charge is -2.30. The van der Waals surface area contributed by atoms with Crippen LogP contribution in [0.1, 0.15) is 33.6 Å². The first kappa shape index (κ1) is 15.2. The number of hydrogen-bond donors (Lipinski definition) is 1. The van der Waals surface area contributed by atoms with Gasteiger partial charge in [0.25, 0.3) is 0 Å². The van der Waals surface area contributed by atoms with E-state index in [0.29, 0.717) is 6.54 Å². The van der Waals surface area contributed by atoms with Gasteiger partial charge in [-0.2, -0.15) is 0 Å². The Labute approximate surface area is 110 Å². The second kappa shape index (κ2) is 6.38. The number of amides is 1. The first-order chi connectivity index (χ1) is 8.33. The van der Waals surface area contributed by atoms with Gasteiger partial charge in [0.1, 0.15) is 5.60 Å². The van der Waals surface area contributed by atoms with Crippen LogP contribution in [-0.4, -0.2) is 60.8 Å². The van der Waals surface area contributed by atoms with E-state index < -0.39 is 5.60 Å². The summed E-state index contributed by atoms with van der Waals surface area (Å²) in [5, 5.41) is 0. The topological polar surface area (TPSA) is 58.8 Å². The number of rotatable bonds is 4. The minimum Gasteiger partial charge on any atom is -0.444 e. The molecule has 1 rings (SSSR count). The van der Waals surface area contributed by atoms with Crippen molar-refractivity contribution in [2.24, 2.45) is 5.73 Å². The van der Waals surface area contributed by atoms with Crippen LogP contribution in [-0.2, 0) is 4.74 Å². The van der Waals surface area contributed by atoms with Gasteiger partial charge in [-0.05, 0) is 40.7 Å². The Morgan fingerprint density at radius 3 is 2.72 bits per heavy atom. The van der Waals surface area contributed by atoms with Crippen LogP contribution in [0.4, 0.5) is 4.79 Å². The Hall–Kier alpha value is -0.810. The van der Waals surface area contributed by atoms with E-state index in [-0.39, 0.29) is 12.1 Å². The molecule has 0 spiro atoms. The molecule has 5 nitrogen and oxygen atoms in total. The highest BCUT2D eigenvalue weighted by Crippen LogP contribution is 2.21. The molecule has 1 saturated heterocycles. The average Bonchev–Trinajstić information content (AvgIpc) is 2.63. The zero-order valence-corrected chi connectivity index (χ0v) is 12.1. The van der Waals surface area contributed by atoms with Crippen molar-refractivity contribution in [2.75, 3.05) is 33.2 Å². The highest BCUT2D eigenvalue weighted by molar-refractivity contribution is 5.69. The second-order valence-electron chi connectivity index (χ2n) is 6.02. The van der Waals surface area contributed by atoms with Crippen LogP contribution in [0, 0.1) is 0 Å². The molecule has 5 heteroatoms.